The summed E-state index contributed by atoms with van der Waals surface area (Å²) in [6.07, 6.45) is -0.239. The summed E-state index contributed by atoms with van der Waals surface area (Å²) in [6.45, 7) is -0.183. The van der Waals surface area contributed by atoms with Gasteiger partial charge < -0.3 is 21.7 Å². The number of primary amides is 1. The van der Waals surface area contributed by atoms with E-state index in [-0.39, 0.29) is 26.1 Å². The average molecular weight is 508 g/mol. The van der Waals surface area contributed by atoms with Gasteiger partial charge in [-0.05, 0) is 10.7 Å². The largest absolute Gasteiger partial charge is 0.369 e. The van der Waals surface area contributed by atoms with Crippen LogP contribution in [0.2, 0.25) is 0 Å². The Balaban J connectivity index is 1.63. The first-order valence-corrected chi connectivity index (χ1v) is 12.0. The molecule has 0 saturated carbocycles. The molecule has 33 heavy (non-hydrogen) atoms. The van der Waals surface area contributed by atoms with Crippen LogP contribution in [0.4, 0.5) is 14.4 Å². The molecule has 3 aliphatic rings. The molecule has 0 aliphatic carbocycles. The summed E-state index contributed by atoms with van der Waals surface area (Å²) in [7, 11) is -4.44. The fourth-order valence-electron chi connectivity index (χ4n) is 3.22. The summed E-state index contributed by atoms with van der Waals surface area (Å²) in [5.41, 5.74) is 10.8. The van der Waals surface area contributed by atoms with Gasteiger partial charge in [-0.25, -0.2) is 33.6 Å². The first-order chi connectivity index (χ1) is 15.4. The van der Waals surface area contributed by atoms with Crippen LogP contribution in [0.5, 0.6) is 0 Å². The Kier molecular flexibility index (Phi) is 6.86. The van der Waals surface area contributed by atoms with Gasteiger partial charge in [-0.3, -0.25) is 14.5 Å². The number of nitrogens with two attached hydrogens (primary N) is 2. The minimum absolute atomic E-state index is 0.0608. The van der Waals surface area contributed by atoms with Crippen molar-refractivity contribution in [2.75, 3.05) is 26.7 Å². The van der Waals surface area contributed by atoms with E-state index in [1.807, 2.05) is 0 Å². The Labute approximate surface area is 189 Å². The van der Waals surface area contributed by atoms with Crippen molar-refractivity contribution >= 4 is 50.8 Å². The van der Waals surface area contributed by atoms with Crippen molar-refractivity contribution in [2.45, 2.75) is 18.0 Å². The van der Waals surface area contributed by atoms with Gasteiger partial charge >= 0.3 is 28.3 Å². The van der Waals surface area contributed by atoms with E-state index in [9.17, 15) is 32.4 Å². The van der Waals surface area contributed by atoms with E-state index in [4.69, 9.17) is 16.3 Å². The van der Waals surface area contributed by atoms with Gasteiger partial charge in [0.2, 0.25) is 5.91 Å². The molecule has 0 spiro atoms. The quantitative estimate of drug-likeness (QED) is 0.176. The molecule has 3 atom stereocenters. The Bertz CT molecular complexity index is 1070. The molecule has 0 aromatic carbocycles. The maximum absolute atomic E-state index is 12.6. The summed E-state index contributed by atoms with van der Waals surface area (Å²) in [5.74, 6) is -1.49. The van der Waals surface area contributed by atoms with Crippen molar-refractivity contribution in [3.8, 4) is 0 Å². The number of hydrogen-bond donors (Lipinski definition) is 5. The number of nitrogens with one attached hydrogen (secondary N) is 3. The van der Waals surface area contributed by atoms with Crippen LogP contribution in [0.15, 0.2) is 15.6 Å². The van der Waals surface area contributed by atoms with E-state index >= 15 is 0 Å². The molecular weight excluding hydrogens is 486 g/mol. The van der Waals surface area contributed by atoms with Crippen LogP contribution < -0.4 is 26.2 Å². The summed E-state index contributed by atoms with van der Waals surface area (Å²) in [6, 6.07) is -4.37. The lowest BCUT2D eigenvalue weighted by atomic mass is 10.1. The molecule has 182 valence electrons. The first-order valence-electron chi connectivity index (χ1n) is 9.19. The topological polar surface area (TPSA) is 239 Å². The number of nitrogens with zero attached hydrogens (tertiary/aromatic N) is 4. The number of urea groups is 3. The normalized spacial score (nSPS) is 25.0. The highest BCUT2D eigenvalue weighted by Gasteiger charge is 2.49. The summed E-state index contributed by atoms with van der Waals surface area (Å²) >= 11 is 0. The van der Waals surface area contributed by atoms with E-state index in [2.05, 4.69) is 9.84 Å². The minimum atomic E-state index is -4.73. The highest BCUT2D eigenvalue weighted by molar-refractivity contribution is 7.90. The Morgan fingerprint density at radius 1 is 1.27 bits per heavy atom. The zero-order valence-corrected chi connectivity index (χ0v) is 18.7. The Hall–Kier alpha value is -3.29. The molecule has 3 rings (SSSR count). The van der Waals surface area contributed by atoms with E-state index in [1.54, 1.807) is 0 Å². The third kappa shape index (κ3) is 5.05. The average Bonchev–Trinajstić information content (AvgIpc) is 3.24. The zero-order chi connectivity index (χ0) is 24.5. The molecular formula is C14H21N9O8S2. The Morgan fingerprint density at radius 2 is 1.91 bits per heavy atom. The second-order valence-corrected chi connectivity index (χ2v) is 9.80. The van der Waals surface area contributed by atoms with Crippen molar-refractivity contribution in [1.82, 2.24) is 29.5 Å². The van der Waals surface area contributed by atoms with Crippen LogP contribution in [0.25, 0.3) is 0 Å². The van der Waals surface area contributed by atoms with Gasteiger partial charge in [0, 0.05) is 24.2 Å². The van der Waals surface area contributed by atoms with E-state index in [0.29, 0.717) is 15.5 Å². The standard InChI is InChI=1S/C14H21N9O8S2/c1-31-20-32-6-7(4-9(15)24)23(11(32)16)8-5-22(10(8)25)14(28)19-33(29,30)18-13(27)21-3-2-17-12(21)26/h6,8,11H,2-5,16H2,1H3,(H2,15,24)(H,17,26)(H,18,27)(H,19,28). The number of likely N-dealkylation sites (tertiary alicyclic amines) is 1. The van der Waals surface area contributed by atoms with Gasteiger partial charge in [-0.2, -0.15) is 8.42 Å². The van der Waals surface area contributed by atoms with E-state index < -0.39 is 62.3 Å². The van der Waals surface area contributed by atoms with Crippen molar-refractivity contribution in [3.05, 3.63) is 11.1 Å². The smallest absolute Gasteiger partial charge is 0.340 e. The van der Waals surface area contributed by atoms with Gasteiger partial charge in [0.05, 0.1) is 20.1 Å². The van der Waals surface area contributed by atoms with Crippen LogP contribution in [0.1, 0.15) is 6.42 Å². The predicted molar refractivity (Wildman–Crippen MR) is 110 cm³/mol. The molecule has 0 bridgehead atoms. The number of carbonyl (C=O) groups excluding carboxylic acids is 5. The molecule has 2 saturated heterocycles. The number of amides is 8. The van der Waals surface area contributed by atoms with Gasteiger partial charge in [0.15, 0.2) is 0 Å². The molecule has 3 aliphatic heterocycles. The second-order valence-electron chi connectivity index (χ2n) is 6.82. The third-order valence-electron chi connectivity index (χ3n) is 4.66. The molecule has 7 N–H and O–H groups in total. The van der Waals surface area contributed by atoms with Crippen LogP contribution in [0.3, 0.4) is 0 Å². The number of hydrogen-bond acceptors (Lipinski definition) is 11. The molecule has 3 unspecified atom stereocenters. The number of carbonyl (C=O) groups is 5. The van der Waals surface area contributed by atoms with Crippen molar-refractivity contribution in [1.29, 1.82) is 0 Å². The third-order valence-corrected chi connectivity index (χ3v) is 7.10. The molecule has 2 fully saturated rings. The monoisotopic (exact) mass is 507 g/mol. The van der Waals surface area contributed by atoms with Crippen LogP contribution >= 0.6 is 0 Å². The molecule has 19 heteroatoms. The number of imide groups is 2. The number of rotatable bonds is 6. The minimum Gasteiger partial charge on any atom is -0.369 e. The van der Waals surface area contributed by atoms with Gasteiger partial charge in [0.1, 0.15) is 11.5 Å². The van der Waals surface area contributed by atoms with Crippen molar-refractivity contribution in [2.24, 2.45) is 16.0 Å². The fourth-order valence-corrected chi connectivity index (χ4v) is 5.39. The molecule has 0 aromatic rings. The SMILES string of the molecule is CO/N=S1/C=C(CC(N)=O)N(C2CN(C(=O)NS(=O)(=O)NC(=O)N3CCNC3=O)C2=O)C1N. The predicted octanol–water partition coefficient (Wildman–Crippen LogP) is -3.48. The molecule has 17 nitrogen and oxygen atoms in total. The van der Waals surface area contributed by atoms with Crippen LogP contribution in [0, 0.1) is 0 Å². The van der Waals surface area contributed by atoms with Crippen molar-refractivity contribution < 1.29 is 37.2 Å². The van der Waals surface area contributed by atoms with Crippen LogP contribution in [-0.4, -0.2) is 91.3 Å². The lowest BCUT2D eigenvalue weighted by molar-refractivity contribution is -0.144. The Morgan fingerprint density at radius 3 is 2.42 bits per heavy atom. The highest BCUT2D eigenvalue weighted by atomic mass is 32.2. The van der Waals surface area contributed by atoms with E-state index in [0.717, 1.165) is 0 Å². The maximum Gasteiger partial charge on any atom is 0.340 e. The highest BCUT2D eigenvalue weighted by Crippen LogP contribution is 2.31. The van der Waals surface area contributed by atoms with Crippen LogP contribution in [-0.2, 0) is 35.3 Å². The summed E-state index contributed by atoms with van der Waals surface area (Å²) in [5, 5.41) is 3.84. The fraction of sp³-hybridized carbons (Fsp3) is 0.500. The van der Waals surface area contributed by atoms with Gasteiger partial charge in [-0.1, -0.05) is 0 Å². The maximum atomic E-state index is 12.6. The molecule has 8 amide bonds. The summed E-state index contributed by atoms with van der Waals surface area (Å²) in [4.78, 5) is 66.9. The molecule has 0 radical (unpaired) electrons. The van der Waals surface area contributed by atoms with Gasteiger partial charge in [0.25, 0.3) is 5.91 Å². The zero-order valence-electron chi connectivity index (χ0n) is 17.1. The second kappa shape index (κ2) is 9.29. The lowest BCUT2D eigenvalue weighted by Crippen LogP contribution is -2.69. The molecule has 3 heterocycles. The lowest BCUT2D eigenvalue weighted by Gasteiger charge is -2.44. The first kappa shape index (κ1) is 24.4. The number of β-lactam (4-membered cyclic amide) rings is 1. The van der Waals surface area contributed by atoms with Crippen molar-refractivity contribution in [3.63, 3.8) is 0 Å². The van der Waals surface area contributed by atoms with E-state index in [1.165, 1.54) is 26.9 Å². The molecule has 0 aromatic heterocycles. The summed E-state index contributed by atoms with van der Waals surface area (Å²) < 4.78 is 31.0. The van der Waals surface area contributed by atoms with Gasteiger partial charge in [-0.15, -0.1) is 4.53 Å².